The Hall–Kier alpha value is -3.54. The molecule has 0 spiro atoms. The lowest BCUT2D eigenvalue weighted by molar-refractivity contribution is 0.0945. The quantitative estimate of drug-likeness (QED) is 0.688. The molecule has 0 radical (unpaired) electrons. The summed E-state index contributed by atoms with van der Waals surface area (Å²) in [6.45, 7) is 4.52. The third-order valence-corrected chi connectivity index (χ3v) is 4.25. The van der Waals surface area contributed by atoms with Crippen molar-refractivity contribution in [2.24, 2.45) is 0 Å². The van der Waals surface area contributed by atoms with E-state index in [9.17, 15) is 9.59 Å². The van der Waals surface area contributed by atoms with Gasteiger partial charge in [-0.05, 0) is 47.9 Å². The summed E-state index contributed by atoms with van der Waals surface area (Å²) in [5, 5.41) is 5.59. The van der Waals surface area contributed by atoms with Gasteiger partial charge in [-0.2, -0.15) is 0 Å². The van der Waals surface area contributed by atoms with Crippen molar-refractivity contribution in [2.45, 2.75) is 26.3 Å². The van der Waals surface area contributed by atoms with Gasteiger partial charge in [-0.1, -0.05) is 32.0 Å². The first kappa shape index (κ1) is 19.2. The lowest BCUT2D eigenvalue weighted by Crippen LogP contribution is -2.24. The van der Waals surface area contributed by atoms with Crippen LogP contribution in [0.5, 0.6) is 0 Å². The first-order chi connectivity index (χ1) is 13.5. The van der Waals surface area contributed by atoms with Crippen LogP contribution in [0.15, 0.2) is 67.0 Å². The van der Waals surface area contributed by atoms with E-state index in [1.54, 1.807) is 12.3 Å². The predicted molar refractivity (Wildman–Crippen MR) is 108 cm³/mol. The molecular weight excluding hydrogens is 352 g/mol. The molecule has 1 aromatic carbocycles. The van der Waals surface area contributed by atoms with E-state index in [4.69, 9.17) is 0 Å². The minimum absolute atomic E-state index is 0.179. The summed E-state index contributed by atoms with van der Waals surface area (Å²) in [5.41, 5.74) is 3.19. The SMILES string of the molecule is CC(C)c1ccc(NC(=O)c2ccnc(C(=O)NCc3ccccn3)c2)cc1. The molecule has 6 heteroatoms. The van der Waals surface area contributed by atoms with E-state index in [0.717, 1.165) is 5.69 Å². The number of carbonyl (C=O) groups excluding carboxylic acids is 2. The first-order valence-electron chi connectivity index (χ1n) is 9.08. The Morgan fingerprint density at radius 2 is 1.71 bits per heavy atom. The minimum Gasteiger partial charge on any atom is -0.345 e. The summed E-state index contributed by atoms with van der Waals surface area (Å²) in [6, 6.07) is 16.3. The maximum Gasteiger partial charge on any atom is 0.270 e. The highest BCUT2D eigenvalue weighted by Gasteiger charge is 2.12. The molecule has 0 saturated heterocycles. The Labute approximate surface area is 164 Å². The van der Waals surface area contributed by atoms with Crippen molar-refractivity contribution < 1.29 is 9.59 Å². The predicted octanol–water partition coefficient (Wildman–Crippen LogP) is 3.78. The van der Waals surface area contributed by atoms with Gasteiger partial charge in [0.25, 0.3) is 11.8 Å². The van der Waals surface area contributed by atoms with E-state index in [0.29, 0.717) is 23.7 Å². The molecule has 3 rings (SSSR count). The van der Waals surface area contributed by atoms with Crippen molar-refractivity contribution in [2.75, 3.05) is 5.32 Å². The maximum atomic E-state index is 12.5. The number of aromatic nitrogens is 2. The fourth-order valence-corrected chi connectivity index (χ4v) is 2.61. The molecule has 28 heavy (non-hydrogen) atoms. The fourth-order valence-electron chi connectivity index (χ4n) is 2.61. The first-order valence-corrected chi connectivity index (χ1v) is 9.08. The van der Waals surface area contributed by atoms with Crippen LogP contribution in [0.3, 0.4) is 0 Å². The van der Waals surface area contributed by atoms with Crippen LogP contribution in [-0.4, -0.2) is 21.8 Å². The zero-order valence-corrected chi connectivity index (χ0v) is 15.8. The molecule has 0 aliphatic carbocycles. The molecule has 0 aliphatic rings. The molecule has 3 aromatic rings. The van der Waals surface area contributed by atoms with Gasteiger partial charge in [0, 0.05) is 23.6 Å². The second-order valence-electron chi connectivity index (χ2n) is 6.66. The molecule has 0 bridgehead atoms. The Bertz CT molecular complexity index is 954. The molecule has 0 saturated carbocycles. The van der Waals surface area contributed by atoms with Gasteiger partial charge in [-0.3, -0.25) is 19.6 Å². The molecule has 6 nitrogen and oxygen atoms in total. The Morgan fingerprint density at radius 1 is 0.929 bits per heavy atom. The summed E-state index contributed by atoms with van der Waals surface area (Å²) in [6.07, 6.45) is 3.12. The van der Waals surface area contributed by atoms with Crippen LogP contribution >= 0.6 is 0 Å². The largest absolute Gasteiger partial charge is 0.345 e. The van der Waals surface area contributed by atoms with Gasteiger partial charge < -0.3 is 10.6 Å². The van der Waals surface area contributed by atoms with E-state index < -0.39 is 0 Å². The van der Waals surface area contributed by atoms with E-state index in [1.165, 1.54) is 17.8 Å². The third kappa shape index (κ3) is 5.01. The molecule has 0 aliphatic heterocycles. The molecule has 0 fully saturated rings. The number of nitrogens with one attached hydrogen (secondary N) is 2. The second kappa shape index (κ2) is 8.90. The van der Waals surface area contributed by atoms with Crippen molar-refractivity contribution >= 4 is 17.5 Å². The summed E-state index contributed by atoms with van der Waals surface area (Å²) < 4.78 is 0. The normalized spacial score (nSPS) is 10.5. The second-order valence-corrected chi connectivity index (χ2v) is 6.66. The number of hydrogen-bond acceptors (Lipinski definition) is 4. The molecule has 0 atom stereocenters. The third-order valence-electron chi connectivity index (χ3n) is 4.25. The molecule has 2 N–H and O–H groups in total. The number of hydrogen-bond donors (Lipinski definition) is 2. The van der Waals surface area contributed by atoms with Crippen LogP contribution in [-0.2, 0) is 6.54 Å². The van der Waals surface area contributed by atoms with Gasteiger partial charge in [0.05, 0.1) is 12.2 Å². The smallest absolute Gasteiger partial charge is 0.270 e. The summed E-state index contributed by atoms with van der Waals surface area (Å²) >= 11 is 0. The number of carbonyl (C=O) groups is 2. The number of benzene rings is 1. The molecule has 2 amide bonds. The summed E-state index contributed by atoms with van der Waals surface area (Å²) in [5.74, 6) is -0.225. The number of amides is 2. The molecule has 0 unspecified atom stereocenters. The Balaban J connectivity index is 1.64. The maximum absolute atomic E-state index is 12.5. The highest BCUT2D eigenvalue weighted by atomic mass is 16.2. The van der Waals surface area contributed by atoms with E-state index in [-0.39, 0.29) is 17.5 Å². The average Bonchev–Trinajstić information content (AvgIpc) is 2.73. The standard InChI is InChI=1S/C22H22N4O2/c1-15(2)16-6-8-18(9-7-16)26-21(27)17-10-12-24-20(13-17)22(28)25-14-19-5-3-4-11-23-19/h3-13,15H,14H2,1-2H3,(H,25,28)(H,26,27). The lowest BCUT2D eigenvalue weighted by Gasteiger charge is -2.09. The zero-order valence-electron chi connectivity index (χ0n) is 15.8. The molecule has 142 valence electrons. The van der Waals surface area contributed by atoms with Crippen molar-refractivity contribution in [3.8, 4) is 0 Å². The fraction of sp³-hybridized carbons (Fsp3) is 0.182. The van der Waals surface area contributed by atoms with Gasteiger partial charge >= 0.3 is 0 Å². The average molecular weight is 374 g/mol. The lowest BCUT2D eigenvalue weighted by atomic mass is 10.0. The monoisotopic (exact) mass is 374 g/mol. The van der Waals surface area contributed by atoms with Gasteiger partial charge in [0.1, 0.15) is 5.69 Å². The van der Waals surface area contributed by atoms with Gasteiger partial charge in [-0.15, -0.1) is 0 Å². The van der Waals surface area contributed by atoms with Crippen LogP contribution in [0.25, 0.3) is 0 Å². The number of nitrogens with zero attached hydrogens (tertiary/aromatic N) is 2. The summed E-state index contributed by atoms with van der Waals surface area (Å²) in [4.78, 5) is 33.0. The molecule has 2 heterocycles. The van der Waals surface area contributed by atoms with E-state index in [1.807, 2.05) is 42.5 Å². The Morgan fingerprint density at radius 3 is 2.39 bits per heavy atom. The molecule has 2 aromatic heterocycles. The minimum atomic E-state index is -0.360. The van der Waals surface area contributed by atoms with E-state index >= 15 is 0 Å². The van der Waals surface area contributed by atoms with Crippen molar-refractivity contribution in [1.29, 1.82) is 0 Å². The number of rotatable bonds is 6. The topological polar surface area (TPSA) is 84.0 Å². The zero-order chi connectivity index (χ0) is 19.9. The Kier molecular flexibility index (Phi) is 6.11. The van der Waals surface area contributed by atoms with Gasteiger partial charge in [0.15, 0.2) is 0 Å². The van der Waals surface area contributed by atoms with Crippen molar-refractivity contribution in [1.82, 2.24) is 15.3 Å². The van der Waals surface area contributed by atoms with Crippen LogP contribution < -0.4 is 10.6 Å². The van der Waals surface area contributed by atoms with Crippen LogP contribution in [0.1, 0.15) is 51.9 Å². The van der Waals surface area contributed by atoms with Crippen LogP contribution in [0, 0.1) is 0 Å². The number of pyridine rings is 2. The summed E-state index contributed by atoms with van der Waals surface area (Å²) in [7, 11) is 0. The molecular formula is C22H22N4O2. The number of anilines is 1. The van der Waals surface area contributed by atoms with E-state index in [2.05, 4.69) is 34.4 Å². The van der Waals surface area contributed by atoms with Gasteiger partial charge in [-0.25, -0.2) is 0 Å². The highest BCUT2D eigenvalue weighted by molar-refractivity contribution is 6.05. The van der Waals surface area contributed by atoms with Crippen LogP contribution in [0.4, 0.5) is 5.69 Å². The van der Waals surface area contributed by atoms with Crippen molar-refractivity contribution in [3.05, 3.63) is 89.5 Å². The van der Waals surface area contributed by atoms with Crippen LogP contribution in [0.2, 0.25) is 0 Å². The van der Waals surface area contributed by atoms with Crippen molar-refractivity contribution in [3.63, 3.8) is 0 Å². The van der Waals surface area contributed by atoms with Gasteiger partial charge in [0.2, 0.25) is 0 Å². The highest BCUT2D eigenvalue weighted by Crippen LogP contribution is 2.17.